The first kappa shape index (κ1) is 16.9. The van der Waals surface area contributed by atoms with E-state index in [1.165, 1.54) is 11.1 Å². The van der Waals surface area contributed by atoms with Crippen LogP contribution >= 0.6 is 0 Å². The van der Waals surface area contributed by atoms with Gasteiger partial charge in [0.2, 0.25) is 0 Å². The molecule has 0 N–H and O–H groups in total. The number of hydrogen-bond acceptors (Lipinski definition) is 3. The molecule has 0 radical (unpaired) electrons. The van der Waals surface area contributed by atoms with Crippen LogP contribution in [0.5, 0.6) is 0 Å². The highest BCUT2D eigenvalue weighted by Crippen LogP contribution is 2.69. The third kappa shape index (κ3) is 1.93. The predicted octanol–water partition coefficient (Wildman–Crippen LogP) is 4.41. The molecule has 4 aliphatic carbocycles. The molecule has 3 saturated carbocycles. The Morgan fingerprint density at radius 3 is 2.77 bits per heavy atom. The molecular formula is C23H30O3. The highest BCUT2D eigenvalue weighted by Gasteiger charge is 2.69. The fraction of sp³-hybridized carbons (Fsp3) is 0.739. The minimum atomic E-state index is -0.529. The van der Waals surface area contributed by atoms with Gasteiger partial charge >= 0.3 is 0 Å². The Kier molecular flexibility index (Phi) is 3.67. The lowest BCUT2D eigenvalue weighted by Gasteiger charge is -2.57. The Bertz CT molecular complexity index is 719. The molecule has 1 heterocycles. The van der Waals surface area contributed by atoms with Crippen molar-refractivity contribution in [2.75, 3.05) is 6.61 Å². The molecule has 0 bridgehead atoms. The molecule has 0 aromatic heterocycles. The number of carbonyl (C=O) groups is 2. The van der Waals surface area contributed by atoms with Gasteiger partial charge in [0, 0.05) is 18.3 Å². The zero-order valence-electron chi connectivity index (χ0n) is 15.9. The van der Waals surface area contributed by atoms with Crippen LogP contribution in [-0.2, 0) is 14.3 Å². The molecule has 5 rings (SSSR count). The fourth-order valence-electron chi connectivity index (χ4n) is 7.90. The number of ketones is 2. The lowest BCUT2D eigenvalue weighted by Crippen LogP contribution is -2.57. The van der Waals surface area contributed by atoms with Crippen LogP contribution in [0.15, 0.2) is 23.8 Å². The molecular weight excluding hydrogens is 324 g/mol. The largest absolute Gasteiger partial charge is 0.366 e. The Morgan fingerprint density at radius 1 is 1.19 bits per heavy atom. The molecule has 1 saturated heterocycles. The highest BCUT2D eigenvalue weighted by atomic mass is 16.5. The molecule has 1 spiro atoms. The van der Waals surface area contributed by atoms with Crippen LogP contribution in [0.2, 0.25) is 0 Å². The molecule has 3 heteroatoms. The highest BCUT2D eigenvalue weighted by molar-refractivity contribution is 5.91. The molecule has 4 fully saturated rings. The normalized spacial score (nSPS) is 47.6. The van der Waals surface area contributed by atoms with Crippen molar-refractivity contribution in [3.8, 4) is 0 Å². The number of Topliss-reactive ketones (excluding diaryl/α,β-unsaturated/α-hetero) is 1. The van der Waals surface area contributed by atoms with Gasteiger partial charge in [-0.2, -0.15) is 0 Å². The van der Waals surface area contributed by atoms with Crippen LogP contribution in [-0.4, -0.2) is 23.8 Å². The van der Waals surface area contributed by atoms with Crippen LogP contribution in [0.25, 0.3) is 0 Å². The maximum Gasteiger partial charge on any atom is 0.167 e. The second kappa shape index (κ2) is 5.64. The van der Waals surface area contributed by atoms with Crippen molar-refractivity contribution < 1.29 is 14.3 Å². The van der Waals surface area contributed by atoms with Crippen molar-refractivity contribution in [3.05, 3.63) is 23.8 Å². The number of carbonyl (C=O) groups excluding carboxylic acids is 2. The van der Waals surface area contributed by atoms with Crippen molar-refractivity contribution in [2.24, 2.45) is 29.1 Å². The van der Waals surface area contributed by atoms with E-state index in [4.69, 9.17) is 4.74 Å². The second-order valence-electron chi connectivity index (χ2n) is 9.40. The lowest BCUT2D eigenvalue weighted by atomic mass is 9.48. The van der Waals surface area contributed by atoms with Gasteiger partial charge in [-0.15, -0.1) is 0 Å². The second-order valence-corrected chi connectivity index (χ2v) is 9.40. The maximum absolute atomic E-state index is 12.9. The van der Waals surface area contributed by atoms with Crippen molar-refractivity contribution in [2.45, 2.75) is 70.3 Å². The Hall–Kier alpha value is -1.22. The van der Waals surface area contributed by atoms with E-state index < -0.39 is 5.60 Å². The molecule has 26 heavy (non-hydrogen) atoms. The number of allylic oxidation sites excluding steroid dienone is 2. The van der Waals surface area contributed by atoms with E-state index in [9.17, 15) is 9.59 Å². The summed E-state index contributed by atoms with van der Waals surface area (Å²) in [5.41, 5.74) is 2.15. The van der Waals surface area contributed by atoms with Gasteiger partial charge in [-0.25, -0.2) is 0 Å². The number of fused-ring (bicyclic) bond motifs is 6. The smallest absolute Gasteiger partial charge is 0.167 e. The zero-order valence-corrected chi connectivity index (χ0v) is 15.9. The monoisotopic (exact) mass is 354 g/mol. The average Bonchev–Trinajstić information content (AvgIpc) is 3.17. The van der Waals surface area contributed by atoms with Crippen LogP contribution < -0.4 is 0 Å². The summed E-state index contributed by atoms with van der Waals surface area (Å²) in [6, 6.07) is 0. The van der Waals surface area contributed by atoms with E-state index in [1.54, 1.807) is 0 Å². The maximum atomic E-state index is 12.9. The summed E-state index contributed by atoms with van der Waals surface area (Å²) in [7, 11) is 0. The summed E-state index contributed by atoms with van der Waals surface area (Å²) in [5.74, 6) is 2.88. The minimum absolute atomic E-state index is 0.0372. The van der Waals surface area contributed by atoms with Gasteiger partial charge in [0.15, 0.2) is 11.6 Å². The third-order valence-electron chi connectivity index (χ3n) is 8.80. The molecule has 140 valence electrons. The lowest BCUT2D eigenvalue weighted by molar-refractivity contribution is -0.155. The number of hydrogen-bond donors (Lipinski definition) is 0. The first-order valence-corrected chi connectivity index (χ1v) is 10.6. The van der Waals surface area contributed by atoms with Gasteiger partial charge in [-0.3, -0.25) is 9.59 Å². The predicted molar refractivity (Wildman–Crippen MR) is 99.5 cm³/mol. The van der Waals surface area contributed by atoms with E-state index in [2.05, 4.69) is 13.5 Å². The summed E-state index contributed by atoms with van der Waals surface area (Å²) in [4.78, 5) is 24.8. The van der Waals surface area contributed by atoms with E-state index in [0.29, 0.717) is 54.7 Å². The summed E-state index contributed by atoms with van der Waals surface area (Å²) < 4.78 is 6.28. The van der Waals surface area contributed by atoms with Crippen LogP contribution in [0.3, 0.4) is 0 Å². The van der Waals surface area contributed by atoms with Crippen molar-refractivity contribution in [1.29, 1.82) is 0 Å². The van der Waals surface area contributed by atoms with Crippen LogP contribution in [0.1, 0.15) is 64.7 Å². The fourth-order valence-corrected chi connectivity index (χ4v) is 7.90. The summed E-state index contributed by atoms with van der Waals surface area (Å²) in [6.07, 6.45) is 10.4. The first-order chi connectivity index (χ1) is 12.5. The van der Waals surface area contributed by atoms with Gasteiger partial charge in [-0.1, -0.05) is 24.6 Å². The Labute approximate surface area is 156 Å². The first-order valence-electron chi connectivity index (χ1n) is 10.6. The quantitative estimate of drug-likeness (QED) is 0.655. The molecule has 0 aromatic rings. The van der Waals surface area contributed by atoms with Gasteiger partial charge in [-0.05, 0) is 74.7 Å². The Balaban J connectivity index is 1.55. The molecule has 3 nitrogen and oxygen atoms in total. The summed E-state index contributed by atoms with van der Waals surface area (Å²) in [5, 5.41) is 0. The van der Waals surface area contributed by atoms with Crippen molar-refractivity contribution in [1.82, 2.24) is 0 Å². The Morgan fingerprint density at radius 2 is 2.04 bits per heavy atom. The van der Waals surface area contributed by atoms with E-state index in [-0.39, 0.29) is 5.41 Å². The molecule has 0 aromatic carbocycles. The number of ether oxygens (including phenoxy) is 1. The van der Waals surface area contributed by atoms with Gasteiger partial charge in [0.25, 0.3) is 0 Å². The molecule has 1 aliphatic heterocycles. The van der Waals surface area contributed by atoms with Gasteiger partial charge in [0.05, 0.1) is 6.61 Å². The SMILES string of the molecule is C=C1C[C@@]2(CC)[C@@H](CC[C@@]23OCCC3=O)[C@@H]2CCC3=CC(=O)CC[C@@H]3[C@@H]12. The standard InChI is InChI=1S/C23H30O3/c1-3-22-13-14(2)21-17-7-5-16(24)12-15(17)4-6-18(21)19(22)8-10-23(22)20(25)9-11-26-23/h12,17-19,21H,2-11,13H2,1H3/t17-,18-,19-,21+,22-,23-/m0/s1. The molecule has 6 atom stereocenters. The molecule has 0 unspecified atom stereocenters. The average molecular weight is 354 g/mol. The van der Waals surface area contributed by atoms with Crippen molar-refractivity contribution >= 4 is 11.6 Å². The number of rotatable bonds is 1. The van der Waals surface area contributed by atoms with E-state index in [0.717, 1.165) is 44.9 Å². The molecule has 0 amide bonds. The van der Waals surface area contributed by atoms with E-state index >= 15 is 0 Å². The minimum Gasteiger partial charge on any atom is -0.366 e. The third-order valence-corrected chi connectivity index (χ3v) is 8.80. The zero-order chi connectivity index (χ0) is 18.1. The van der Waals surface area contributed by atoms with Gasteiger partial charge in [0.1, 0.15) is 5.60 Å². The molecule has 5 aliphatic rings. The van der Waals surface area contributed by atoms with Crippen molar-refractivity contribution in [3.63, 3.8) is 0 Å². The topological polar surface area (TPSA) is 43.4 Å². The van der Waals surface area contributed by atoms with Crippen LogP contribution in [0, 0.1) is 29.1 Å². The van der Waals surface area contributed by atoms with Gasteiger partial charge < -0.3 is 4.74 Å². The van der Waals surface area contributed by atoms with E-state index in [1.807, 2.05) is 6.08 Å². The summed E-state index contributed by atoms with van der Waals surface area (Å²) >= 11 is 0. The summed E-state index contributed by atoms with van der Waals surface area (Å²) in [6.45, 7) is 7.43. The van der Waals surface area contributed by atoms with Crippen LogP contribution in [0.4, 0.5) is 0 Å².